The molecule has 3 heterocycles. The van der Waals surface area contributed by atoms with E-state index in [1.807, 2.05) is 20.0 Å². The Labute approximate surface area is 189 Å². The highest BCUT2D eigenvalue weighted by Gasteiger charge is 2.21. The number of nitrogens with one attached hydrogen (secondary N) is 2. The van der Waals surface area contributed by atoms with Crippen molar-refractivity contribution in [3.8, 4) is 0 Å². The van der Waals surface area contributed by atoms with E-state index in [2.05, 4.69) is 56.5 Å². The van der Waals surface area contributed by atoms with Crippen LogP contribution in [0.1, 0.15) is 34.1 Å². The number of rotatable bonds is 5. The van der Waals surface area contributed by atoms with Crippen molar-refractivity contribution in [2.24, 2.45) is 4.99 Å². The molecule has 0 amide bonds. The smallest absolute Gasteiger partial charge is 0.191 e. The van der Waals surface area contributed by atoms with Crippen LogP contribution in [0, 0.1) is 20.8 Å². The van der Waals surface area contributed by atoms with Crippen molar-refractivity contribution in [1.82, 2.24) is 20.6 Å². The molecule has 0 aromatic carbocycles. The highest BCUT2D eigenvalue weighted by molar-refractivity contribution is 14.0. The Kier molecular flexibility index (Phi) is 8.94. The molecule has 0 atom stereocenters. The molecule has 2 aromatic heterocycles. The van der Waals surface area contributed by atoms with Gasteiger partial charge in [0, 0.05) is 49.7 Å². The Morgan fingerprint density at radius 3 is 2.57 bits per heavy atom. The lowest BCUT2D eigenvalue weighted by atomic mass is 10.1. The Balaban J connectivity index is 0.00000280. The van der Waals surface area contributed by atoms with E-state index < -0.39 is 0 Å². The zero-order valence-corrected chi connectivity index (χ0v) is 20.3. The molecule has 0 unspecified atom stereocenters. The summed E-state index contributed by atoms with van der Waals surface area (Å²) in [4.78, 5) is 17.3. The number of pyridine rings is 1. The summed E-state index contributed by atoms with van der Waals surface area (Å²) in [5, 5.41) is 8.16. The molecule has 8 heteroatoms. The van der Waals surface area contributed by atoms with Crippen molar-refractivity contribution in [3.05, 3.63) is 39.5 Å². The first-order valence-electron chi connectivity index (χ1n) is 9.64. The van der Waals surface area contributed by atoms with Gasteiger partial charge in [0.05, 0.1) is 10.7 Å². The van der Waals surface area contributed by atoms with Crippen molar-refractivity contribution < 1.29 is 0 Å². The molecule has 3 rings (SSSR count). The summed E-state index contributed by atoms with van der Waals surface area (Å²) in [5.74, 6) is 1.98. The largest absolute Gasteiger partial charge is 0.356 e. The van der Waals surface area contributed by atoms with E-state index in [-0.39, 0.29) is 24.0 Å². The molecule has 28 heavy (non-hydrogen) atoms. The number of thiazole rings is 1. The SMILES string of the molecule is CN=C(NCCc1sc(C)nc1C)NC1CCN(c2cccc(C)n2)CC1.I. The van der Waals surface area contributed by atoms with E-state index in [0.29, 0.717) is 6.04 Å². The van der Waals surface area contributed by atoms with Crippen molar-refractivity contribution in [2.75, 3.05) is 31.6 Å². The van der Waals surface area contributed by atoms with Crippen molar-refractivity contribution in [3.63, 3.8) is 0 Å². The number of aromatic nitrogens is 2. The first-order chi connectivity index (χ1) is 13.0. The Hall–Kier alpha value is -1.42. The molecule has 1 aliphatic rings. The van der Waals surface area contributed by atoms with Gasteiger partial charge >= 0.3 is 0 Å². The van der Waals surface area contributed by atoms with Crippen LogP contribution in [0.25, 0.3) is 0 Å². The molecule has 0 aliphatic carbocycles. The van der Waals surface area contributed by atoms with Crippen LogP contribution in [-0.2, 0) is 6.42 Å². The van der Waals surface area contributed by atoms with Gasteiger partial charge in [-0.05, 0) is 45.7 Å². The van der Waals surface area contributed by atoms with Crippen LogP contribution in [-0.4, -0.2) is 48.7 Å². The van der Waals surface area contributed by atoms with E-state index in [9.17, 15) is 0 Å². The maximum atomic E-state index is 4.64. The Morgan fingerprint density at radius 1 is 1.21 bits per heavy atom. The van der Waals surface area contributed by atoms with Crippen LogP contribution in [0.4, 0.5) is 5.82 Å². The number of aliphatic imine (C=N–C) groups is 1. The summed E-state index contributed by atoms with van der Waals surface area (Å²) in [7, 11) is 1.84. The highest BCUT2D eigenvalue weighted by Crippen LogP contribution is 2.19. The second kappa shape index (κ2) is 10.9. The molecule has 2 aromatic rings. The standard InChI is InChI=1S/C20H30N6S.HI/c1-14-6-5-7-19(23-14)26-12-9-17(10-13-26)25-20(21-4)22-11-8-18-15(2)24-16(3)27-18;/h5-7,17H,8-13H2,1-4H3,(H2,21,22,25);1H. The van der Waals surface area contributed by atoms with Gasteiger partial charge in [-0.15, -0.1) is 35.3 Å². The first-order valence-corrected chi connectivity index (χ1v) is 10.5. The summed E-state index contributed by atoms with van der Waals surface area (Å²) < 4.78 is 0. The van der Waals surface area contributed by atoms with E-state index in [4.69, 9.17) is 0 Å². The van der Waals surface area contributed by atoms with E-state index in [1.165, 1.54) is 4.88 Å². The van der Waals surface area contributed by atoms with E-state index in [0.717, 1.165) is 67.1 Å². The number of nitrogens with zero attached hydrogens (tertiary/aromatic N) is 4. The predicted octanol–water partition coefficient (Wildman–Crippen LogP) is 3.46. The maximum Gasteiger partial charge on any atom is 0.191 e. The second-order valence-electron chi connectivity index (χ2n) is 7.03. The number of hydrogen-bond donors (Lipinski definition) is 2. The Bertz CT molecular complexity index is 783. The average Bonchev–Trinajstić information content (AvgIpc) is 2.98. The van der Waals surface area contributed by atoms with Gasteiger partial charge in [0.1, 0.15) is 5.82 Å². The summed E-state index contributed by atoms with van der Waals surface area (Å²) in [5.41, 5.74) is 2.23. The van der Waals surface area contributed by atoms with Crippen LogP contribution in [0.15, 0.2) is 23.2 Å². The minimum atomic E-state index is 0. The van der Waals surface area contributed by atoms with Gasteiger partial charge in [-0.1, -0.05) is 6.07 Å². The van der Waals surface area contributed by atoms with Gasteiger partial charge in [-0.3, -0.25) is 4.99 Å². The number of piperidine rings is 1. The van der Waals surface area contributed by atoms with Gasteiger partial charge in [0.25, 0.3) is 0 Å². The third-order valence-electron chi connectivity index (χ3n) is 4.90. The first kappa shape index (κ1) is 22.9. The third kappa shape index (κ3) is 6.30. The molecule has 0 saturated carbocycles. The highest BCUT2D eigenvalue weighted by atomic mass is 127. The predicted molar refractivity (Wildman–Crippen MR) is 129 cm³/mol. The van der Waals surface area contributed by atoms with Crippen LogP contribution >= 0.6 is 35.3 Å². The van der Waals surface area contributed by atoms with Crippen molar-refractivity contribution in [1.29, 1.82) is 0 Å². The summed E-state index contributed by atoms with van der Waals surface area (Å²) in [6, 6.07) is 6.68. The number of halogens is 1. The minimum Gasteiger partial charge on any atom is -0.356 e. The van der Waals surface area contributed by atoms with E-state index in [1.54, 1.807) is 11.3 Å². The van der Waals surface area contributed by atoms with Crippen molar-refractivity contribution >= 4 is 47.1 Å². The molecule has 1 saturated heterocycles. The van der Waals surface area contributed by atoms with Gasteiger partial charge < -0.3 is 15.5 Å². The average molecular weight is 514 g/mol. The molecule has 0 spiro atoms. The zero-order valence-electron chi connectivity index (χ0n) is 17.2. The van der Waals surface area contributed by atoms with Gasteiger partial charge in [0.15, 0.2) is 5.96 Å². The summed E-state index contributed by atoms with van der Waals surface area (Å²) in [6.45, 7) is 9.10. The molecule has 0 bridgehead atoms. The fourth-order valence-electron chi connectivity index (χ4n) is 3.45. The normalized spacial score (nSPS) is 15.3. The molecule has 6 nitrogen and oxygen atoms in total. The third-order valence-corrected chi connectivity index (χ3v) is 6.03. The molecular weight excluding hydrogens is 483 g/mol. The Morgan fingerprint density at radius 2 is 1.96 bits per heavy atom. The molecule has 0 radical (unpaired) electrons. The topological polar surface area (TPSA) is 65.4 Å². The van der Waals surface area contributed by atoms with Crippen molar-refractivity contribution in [2.45, 2.75) is 46.1 Å². The molecular formula is C20H31IN6S. The fourth-order valence-corrected chi connectivity index (χ4v) is 4.38. The number of anilines is 1. The van der Waals surface area contributed by atoms with Crippen LogP contribution in [0.2, 0.25) is 0 Å². The van der Waals surface area contributed by atoms with Crippen LogP contribution < -0.4 is 15.5 Å². The minimum absolute atomic E-state index is 0. The monoisotopic (exact) mass is 514 g/mol. The molecule has 2 N–H and O–H groups in total. The van der Waals surface area contributed by atoms with Gasteiger partial charge in [-0.2, -0.15) is 0 Å². The lowest BCUT2D eigenvalue weighted by Gasteiger charge is -2.34. The zero-order chi connectivity index (χ0) is 19.2. The fraction of sp³-hybridized carbons (Fsp3) is 0.550. The second-order valence-corrected chi connectivity index (χ2v) is 8.32. The number of guanidine groups is 1. The number of hydrogen-bond acceptors (Lipinski definition) is 5. The van der Waals surface area contributed by atoms with Gasteiger partial charge in [0.2, 0.25) is 0 Å². The summed E-state index contributed by atoms with van der Waals surface area (Å²) >= 11 is 1.79. The van der Waals surface area contributed by atoms with E-state index >= 15 is 0 Å². The van der Waals surface area contributed by atoms with Gasteiger partial charge in [-0.25, -0.2) is 9.97 Å². The quantitative estimate of drug-likeness (QED) is 0.364. The molecule has 154 valence electrons. The molecule has 1 aliphatic heterocycles. The van der Waals surface area contributed by atoms with Crippen LogP contribution in [0.3, 0.4) is 0 Å². The molecule has 1 fully saturated rings. The number of aryl methyl sites for hydroxylation is 3. The lowest BCUT2D eigenvalue weighted by molar-refractivity contribution is 0.459. The lowest BCUT2D eigenvalue weighted by Crippen LogP contribution is -2.49. The van der Waals surface area contributed by atoms with Crippen LogP contribution in [0.5, 0.6) is 0 Å². The summed E-state index contributed by atoms with van der Waals surface area (Å²) in [6.07, 6.45) is 3.16. The maximum absolute atomic E-state index is 4.64.